The van der Waals surface area contributed by atoms with E-state index >= 15 is 0 Å². The van der Waals surface area contributed by atoms with E-state index in [2.05, 4.69) is 10.4 Å². The number of ether oxygens (including phenoxy) is 2. The number of aliphatic hydroxyl groups excluding tert-OH is 1. The Labute approximate surface area is 157 Å². The molecule has 0 radical (unpaired) electrons. The average Bonchev–Trinajstić information content (AvgIpc) is 2.90. The molecule has 150 valence electrons. The number of halogens is 1. The molecule has 1 aromatic rings. The number of carbonyl (C=O) groups excluding carboxylic acids is 2. The zero-order valence-electron chi connectivity index (χ0n) is 16.0. The van der Waals surface area contributed by atoms with Crippen LogP contribution in [0.1, 0.15) is 45.0 Å². The van der Waals surface area contributed by atoms with Crippen molar-refractivity contribution >= 4 is 17.8 Å². The van der Waals surface area contributed by atoms with E-state index < -0.39 is 30.1 Å². The van der Waals surface area contributed by atoms with Gasteiger partial charge in [-0.3, -0.25) is 0 Å². The number of rotatable bonds is 7. The maximum absolute atomic E-state index is 14.7. The molecule has 27 heavy (non-hydrogen) atoms. The number of nitrogens with zero attached hydrogens (tertiary/aromatic N) is 3. The Morgan fingerprint density at radius 3 is 2.52 bits per heavy atom. The second-order valence-electron chi connectivity index (χ2n) is 6.50. The molecule has 1 aromatic heterocycles. The van der Waals surface area contributed by atoms with Crippen LogP contribution in [0, 0.1) is 5.82 Å². The van der Waals surface area contributed by atoms with Crippen molar-refractivity contribution < 1.29 is 28.6 Å². The first kappa shape index (κ1) is 20.8. The van der Waals surface area contributed by atoms with Gasteiger partial charge in [0, 0.05) is 6.54 Å². The van der Waals surface area contributed by atoms with Crippen LogP contribution in [-0.4, -0.2) is 58.5 Å². The summed E-state index contributed by atoms with van der Waals surface area (Å²) in [6.07, 6.45) is -1.46. The maximum Gasteiger partial charge on any atom is 0.344 e. The van der Waals surface area contributed by atoms with Crippen molar-refractivity contribution in [2.24, 2.45) is 0 Å². The first-order chi connectivity index (χ1) is 12.7. The van der Waals surface area contributed by atoms with Crippen LogP contribution in [-0.2, 0) is 4.74 Å². The fraction of sp³-hybridized carbons (Fsp3) is 0.588. The lowest BCUT2D eigenvalue weighted by Gasteiger charge is -2.19. The number of aliphatic hydroxyl groups is 1. The van der Waals surface area contributed by atoms with E-state index in [1.54, 1.807) is 34.6 Å². The standard InChI is InChI=1S/C17H25FN4O5/c1-6-21-13(8-23)20-22(17(21)25)14-12(18)7-11(16(24)27-10(4)5)15(19-14)26-9(2)3/h7,9-10,13,20,23H,6,8H2,1-5H3. The van der Waals surface area contributed by atoms with E-state index in [0.717, 1.165) is 11.1 Å². The minimum Gasteiger partial charge on any atom is -0.474 e. The molecule has 2 N–H and O–H groups in total. The number of hydrogen-bond acceptors (Lipinski definition) is 7. The molecule has 1 fully saturated rings. The molecule has 10 heteroatoms. The molecule has 2 heterocycles. The molecule has 0 aliphatic carbocycles. The molecular formula is C17H25FN4O5. The van der Waals surface area contributed by atoms with E-state index in [1.165, 1.54) is 4.90 Å². The summed E-state index contributed by atoms with van der Waals surface area (Å²) in [6, 6.07) is 0.360. The summed E-state index contributed by atoms with van der Waals surface area (Å²) < 4.78 is 25.4. The topological polar surface area (TPSA) is 104 Å². The van der Waals surface area contributed by atoms with E-state index in [4.69, 9.17) is 9.47 Å². The predicted octanol–water partition coefficient (Wildman–Crippen LogP) is 1.66. The Morgan fingerprint density at radius 2 is 2.04 bits per heavy atom. The van der Waals surface area contributed by atoms with Gasteiger partial charge in [-0.15, -0.1) is 0 Å². The third kappa shape index (κ3) is 4.45. The number of pyridine rings is 1. The van der Waals surface area contributed by atoms with Crippen LogP contribution >= 0.6 is 0 Å². The van der Waals surface area contributed by atoms with Crippen LogP contribution in [0.2, 0.25) is 0 Å². The van der Waals surface area contributed by atoms with Crippen molar-refractivity contribution in [2.75, 3.05) is 18.2 Å². The first-order valence-corrected chi connectivity index (χ1v) is 8.75. The fourth-order valence-electron chi connectivity index (χ4n) is 2.54. The molecule has 2 rings (SSSR count). The second-order valence-corrected chi connectivity index (χ2v) is 6.50. The van der Waals surface area contributed by atoms with Gasteiger partial charge in [-0.05, 0) is 40.7 Å². The second kappa shape index (κ2) is 8.49. The molecule has 1 unspecified atom stereocenters. The van der Waals surface area contributed by atoms with Gasteiger partial charge in [0.15, 0.2) is 11.6 Å². The number of carbonyl (C=O) groups is 2. The summed E-state index contributed by atoms with van der Waals surface area (Å²) in [5, 5.41) is 10.3. The molecule has 1 saturated heterocycles. The number of urea groups is 1. The summed E-state index contributed by atoms with van der Waals surface area (Å²) in [6.45, 7) is 8.47. The van der Waals surface area contributed by atoms with Crippen molar-refractivity contribution in [1.82, 2.24) is 15.3 Å². The minimum atomic E-state index is -0.905. The summed E-state index contributed by atoms with van der Waals surface area (Å²) in [7, 11) is 0. The van der Waals surface area contributed by atoms with Crippen molar-refractivity contribution in [3.05, 3.63) is 17.4 Å². The van der Waals surface area contributed by atoms with E-state index in [1.807, 2.05) is 0 Å². The van der Waals surface area contributed by atoms with Gasteiger partial charge < -0.3 is 19.5 Å². The van der Waals surface area contributed by atoms with Crippen molar-refractivity contribution in [3.63, 3.8) is 0 Å². The van der Waals surface area contributed by atoms with Crippen LogP contribution in [0.3, 0.4) is 0 Å². The molecule has 9 nitrogen and oxygen atoms in total. The first-order valence-electron chi connectivity index (χ1n) is 8.75. The van der Waals surface area contributed by atoms with Gasteiger partial charge in [0.25, 0.3) is 0 Å². The number of esters is 1. The summed E-state index contributed by atoms with van der Waals surface area (Å²) in [5.41, 5.74) is 2.53. The monoisotopic (exact) mass is 384 g/mol. The van der Waals surface area contributed by atoms with Gasteiger partial charge in [0.1, 0.15) is 11.7 Å². The number of likely N-dealkylation sites (N-methyl/N-ethyl adjacent to an activating group) is 1. The molecular weight excluding hydrogens is 359 g/mol. The van der Waals surface area contributed by atoms with Crippen LogP contribution in [0.15, 0.2) is 6.07 Å². The minimum absolute atomic E-state index is 0.142. The highest BCUT2D eigenvalue weighted by Gasteiger charge is 2.39. The number of amides is 2. The highest BCUT2D eigenvalue weighted by Crippen LogP contribution is 2.28. The highest BCUT2D eigenvalue weighted by atomic mass is 19.1. The van der Waals surface area contributed by atoms with Gasteiger partial charge in [-0.2, -0.15) is 10.4 Å². The Bertz CT molecular complexity index is 713. The van der Waals surface area contributed by atoms with Gasteiger partial charge in [-0.1, -0.05) is 0 Å². The Balaban J connectivity index is 2.46. The number of aromatic nitrogens is 1. The molecule has 0 bridgehead atoms. The quantitative estimate of drug-likeness (QED) is 0.689. The lowest BCUT2D eigenvalue weighted by molar-refractivity contribution is 0.0370. The normalized spacial score (nSPS) is 17.2. The van der Waals surface area contributed by atoms with Crippen LogP contribution in [0.4, 0.5) is 15.0 Å². The van der Waals surface area contributed by atoms with Crippen LogP contribution in [0.5, 0.6) is 5.88 Å². The zero-order chi connectivity index (χ0) is 20.3. The lowest BCUT2D eigenvalue weighted by atomic mass is 10.2. The van der Waals surface area contributed by atoms with Gasteiger partial charge >= 0.3 is 12.0 Å². The Morgan fingerprint density at radius 1 is 1.37 bits per heavy atom. The number of hydrogen-bond donors (Lipinski definition) is 2. The molecule has 2 amide bonds. The third-order valence-corrected chi connectivity index (χ3v) is 3.65. The van der Waals surface area contributed by atoms with Crippen LogP contribution in [0.25, 0.3) is 0 Å². The smallest absolute Gasteiger partial charge is 0.344 e. The maximum atomic E-state index is 14.7. The molecule has 0 aromatic carbocycles. The molecule has 0 spiro atoms. The highest BCUT2D eigenvalue weighted by molar-refractivity contribution is 5.95. The molecule has 1 aliphatic rings. The lowest BCUT2D eigenvalue weighted by Crippen LogP contribution is -2.41. The average molecular weight is 384 g/mol. The number of hydrazine groups is 1. The third-order valence-electron chi connectivity index (χ3n) is 3.65. The molecule has 1 atom stereocenters. The van der Waals surface area contributed by atoms with E-state index in [-0.39, 0.29) is 30.0 Å². The molecule has 0 saturated carbocycles. The van der Waals surface area contributed by atoms with Crippen molar-refractivity contribution in [1.29, 1.82) is 0 Å². The fourth-order valence-corrected chi connectivity index (χ4v) is 2.54. The summed E-state index contributed by atoms with van der Waals surface area (Å²) in [5.74, 6) is -2.18. The van der Waals surface area contributed by atoms with E-state index in [9.17, 15) is 19.1 Å². The Hall–Kier alpha value is -2.46. The number of anilines is 1. The van der Waals surface area contributed by atoms with Gasteiger partial charge in [-0.25, -0.2) is 19.0 Å². The van der Waals surface area contributed by atoms with Crippen molar-refractivity contribution in [2.45, 2.75) is 53.0 Å². The van der Waals surface area contributed by atoms with Crippen LogP contribution < -0.4 is 15.2 Å². The SMILES string of the molecule is CCN1C(=O)N(c2nc(OC(C)C)c(C(=O)OC(C)C)cc2F)NC1CO. The summed E-state index contributed by atoms with van der Waals surface area (Å²) >= 11 is 0. The zero-order valence-corrected chi connectivity index (χ0v) is 16.0. The van der Waals surface area contributed by atoms with E-state index in [0.29, 0.717) is 6.54 Å². The number of nitrogens with one attached hydrogen (secondary N) is 1. The summed E-state index contributed by atoms with van der Waals surface area (Å²) in [4.78, 5) is 30.1. The predicted molar refractivity (Wildman–Crippen MR) is 94.8 cm³/mol. The molecule has 1 aliphatic heterocycles. The van der Waals surface area contributed by atoms with Gasteiger partial charge in [0.2, 0.25) is 5.88 Å². The Kier molecular flexibility index (Phi) is 6.55. The van der Waals surface area contributed by atoms with Gasteiger partial charge in [0.05, 0.1) is 18.8 Å². The largest absolute Gasteiger partial charge is 0.474 e. The van der Waals surface area contributed by atoms with Crippen molar-refractivity contribution in [3.8, 4) is 5.88 Å².